The van der Waals surface area contributed by atoms with E-state index >= 15 is 0 Å². The lowest BCUT2D eigenvalue weighted by atomic mass is 10.1. The van der Waals surface area contributed by atoms with E-state index < -0.39 is 23.8 Å². The Morgan fingerprint density at radius 2 is 1.89 bits per heavy atom. The van der Waals surface area contributed by atoms with Crippen LogP contribution in [0, 0.1) is 11.6 Å². The van der Waals surface area contributed by atoms with Crippen molar-refractivity contribution in [2.75, 3.05) is 25.6 Å². The molecule has 2 N–H and O–H groups in total. The first-order valence-corrected chi connectivity index (χ1v) is 11.0. The van der Waals surface area contributed by atoms with E-state index in [0.29, 0.717) is 18.7 Å². The average molecular weight is 488 g/mol. The van der Waals surface area contributed by atoms with E-state index in [1.165, 1.54) is 17.0 Å². The van der Waals surface area contributed by atoms with Crippen molar-refractivity contribution >= 4 is 28.6 Å². The number of rotatable bonds is 10. The zero-order valence-electron chi connectivity index (χ0n) is 18.8. The minimum absolute atomic E-state index is 0. The molecule has 7 nitrogen and oxygen atoms in total. The van der Waals surface area contributed by atoms with E-state index in [1.54, 1.807) is 19.3 Å². The summed E-state index contributed by atoms with van der Waals surface area (Å²) in [5, 5.41) is 13.6. The number of carbonyl (C=O) groups is 2. The van der Waals surface area contributed by atoms with E-state index in [4.69, 9.17) is 4.74 Å². The van der Waals surface area contributed by atoms with Crippen molar-refractivity contribution in [3.8, 4) is 0 Å². The van der Waals surface area contributed by atoms with Crippen LogP contribution in [0.1, 0.15) is 32.3 Å². The van der Waals surface area contributed by atoms with Crippen LogP contribution >= 0.6 is 0 Å². The topological polar surface area (TPSA) is 91.8 Å². The third-order valence-corrected chi connectivity index (χ3v) is 5.54. The lowest BCUT2D eigenvalue weighted by Gasteiger charge is -2.28. The number of ether oxygens (including phenoxy) is 1. The molecule has 0 unspecified atom stereocenters. The smallest absolute Gasteiger partial charge is 0.412 e. The molecule has 3 aromatic rings. The highest BCUT2D eigenvalue weighted by Crippen LogP contribution is 2.17. The summed E-state index contributed by atoms with van der Waals surface area (Å²) in [4.78, 5) is 30.6. The lowest BCUT2D eigenvalue weighted by Crippen LogP contribution is -2.41. The number of aromatic nitrogens is 1. The quantitative estimate of drug-likeness (QED) is 0.423. The lowest BCUT2D eigenvalue weighted by molar-refractivity contribution is -0.133. The van der Waals surface area contributed by atoms with Crippen molar-refractivity contribution in [3.05, 3.63) is 71.9 Å². The van der Waals surface area contributed by atoms with Gasteiger partial charge >= 0.3 is 6.09 Å². The summed E-state index contributed by atoms with van der Waals surface area (Å²) in [6.07, 6.45) is 1.71. The van der Waals surface area contributed by atoms with Crippen LogP contribution in [0.3, 0.4) is 0 Å². The normalized spacial score (nSPS) is 11.4. The summed E-state index contributed by atoms with van der Waals surface area (Å²) in [6.45, 7) is -0.184. The second-order valence-corrected chi connectivity index (χ2v) is 7.88. The number of aliphatic hydroxyl groups excluding tert-OH is 1. The molecule has 0 aliphatic carbocycles. The molecule has 1 heterocycles. The van der Waals surface area contributed by atoms with Gasteiger partial charge in [-0.15, -0.1) is 0 Å². The molecule has 0 radical (unpaired) electrons. The molecule has 188 valence electrons. The number of nitrogens with one attached hydrogen (secondary N) is 1. The molecule has 0 aliphatic heterocycles. The molecule has 0 aliphatic rings. The molecule has 0 bridgehead atoms. The molecule has 1 atom stereocenters. The van der Waals surface area contributed by atoms with Crippen LogP contribution < -0.4 is 5.32 Å². The fourth-order valence-electron chi connectivity index (χ4n) is 3.54. The highest BCUT2D eigenvalue weighted by Gasteiger charge is 2.22. The van der Waals surface area contributed by atoms with Crippen LogP contribution in [0.4, 0.5) is 19.4 Å². The molecule has 0 spiro atoms. The molecule has 3 rings (SSSR count). The Morgan fingerprint density at radius 1 is 1.14 bits per heavy atom. The monoisotopic (exact) mass is 487 g/mol. The van der Waals surface area contributed by atoms with Crippen molar-refractivity contribution < 1.29 is 28.2 Å². The largest absolute Gasteiger partial charge is 0.447 e. The Bertz CT molecular complexity index is 1140. The summed E-state index contributed by atoms with van der Waals surface area (Å²) in [5.41, 5.74) is 0.118. The van der Waals surface area contributed by atoms with Gasteiger partial charge in [-0.3, -0.25) is 10.1 Å². The number of carbonyl (C=O) groups excluding carboxylic acids is 2. The Morgan fingerprint density at radius 3 is 2.63 bits per heavy atom. The molecular formula is C26H31F2N3O4. The molecule has 2 amide bonds. The molecule has 1 aromatic heterocycles. The maximum Gasteiger partial charge on any atom is 0.412 e. The number of aryl methyl sites for hydroxylation is 1. The molecule has 9 heteroatoms. The standard InChI is InChI=1S/C25H27F2N3O4.CH4/c1-30(23(32)12-11-17-8-4-10-21(26)24(17)27)20(9-5-13-31)16-34-25(33)29-22-14-18-6-2-3-7-19(18)15-28-22;/h2-4,6-8,10,14-15,20,31H,5,9,11-13,16H2,1H3,(H,28,29,33);1H4/t20-;/m1./s1. The van der Waals surface area contributed by atoms with Gasteiger partial charge in [0.2, 0.25) is 5.91 Å². The van der Waals surface area contributed by atoms with Gasteiger partial charge in [-0.05, 0) is 42.3 Å². The fraction of sp³-hybridized carbons (Fsp3) is 0.346. The van der Waals surface area contributed by atoms with E-state index in [9.17, 15) is 23.5 Å². The number of hydrogen-bond donors (Lipinski definition) is 2. The van der Waals surface area contributed by atoms with Gasteiger partial charge in [0.25, 0.3) is 0 Å². The van der Waals surface area contributed by atoms with Gasteiger partial charge < -0.3 is 14.7 Å². The van der Waals surface area contributed by atoms with Gasteiger partial charge in [0.15, 0.2) is 11.6 Å². The van der Waals surface area contributed by atoms with Crippen molar-refractivity contribution in [2.45, 2.75) is 39.2 Å². The third kappa shape index (κ3) is 7.71. The van der Waals surface area contributed by atoms with E-state index in [2.05, 4.69) is 10.3 Å². The van der Waals surface area contributed by atoms with Gasteiger partial charge in [-0.25, -0.2) is 18.6 Å². The molecule has 35 heavy (non-hydrogen) atoms. The number of pyridine rings is 1. The predicted octanol–water partition coefficient (Wildman–Crippen LogP) is 4.93. The predicted molar refractivity (Wildman–Crippen MR) is 131 cm³/mol. The van der Waals surface area contributed by atoms with Gasteiger partial charge in [0, 0.05) is 31.7 Å². The van der Waals surface area contributed by atoms with Crippen molar-refractivity contribution in [2.24, 2.45) is 0 Å². The number of anilines is 1. The van der Waals surface area contributed by atoms with E-state index in [-0.39, 0.29) is 45.0 Å². The molecular weight excluding hydrogens is 456 g/mol. The second kappa shape index (κ2) is 13.3. The average Bonchev–Trinajstić information content (AvgIpc) is 2.84. The maximum atomic E-state index is 13.9. The zero-order valence-corrected chi connectivity index (χ0v) is 18.8. The Balaban J connectivity index is 0.00000432. The second-order valence-electron chi connectivity index (χ2n) is 7.88. The van der Waals surface area contributed by atoms with E-state index in [1.807, 2.05) is 24.3 Å². The highest BCUT2D eigenvalue weighted by atomic mass is 19.2. The Labute approximate surface area is 203 Å². The summed E-state index contributed by atoms with van der Waals surface area (Å²) in [5.74, 6) is -1.90. The van der Waals surface area contributed by atoms with E-state index in [0.717, 1.165) is 16.8 Å². The number of benzene rings is 2. The number of hydrogen-bond acceptors (Lipinski definition) is 5. The summed E-state index contributed by atoms with van der Waals surface area (Å²) >= 11 is 0. The highest BCUT2D eigenvalue weighted by molar-refractivity contribution is 5.89. The first kappa shape index (κ1) is 27.7. The minimum Gasteiger partial charge on any atom is -0.447 e. The van der Waals surface area contributed by atoms with Crippen LogP contribution in [0.15, 0.2) is 54.7 Å². The molecule has 0 saturated carbocycles. The third-order valence-electron chi connectivity index (χ3n) is 5.54. The Hall–Kier alpha value is -3.59. The first-order chi connectivity index (χ1) is 16.4. The number of halogens is 2. The van der Waals surface area contributed by atoms with Crippen LogP contribution in [0.25, 0.3) is 10.8 Å². The van der Waals surface area contributed by atoms with Crippen molar-refractivity contribution in [1.29, 1.82) is 0 Å². The van der Waals surface area contributed by atoms with Crippen LogP contribution in [0.2, 0.25) is 0 Å². The number of aliphatic hydroxyl groups is 1. The number of amides is 2. The van der Waals surface area contributed by atoms with Gasteiger partial charge in [-0.1, -0.05) is 43.8 Å². The summed E-state index contributed by atoms with van der Waals surface area (Å²) in [7, 11) is 1.55. The fourth-order valence-corrected chi connectivity index (χ4v) is 3.54. The van der Waals surface area contributed by atoms with Crippen LogP contribution in [-0.4, -0.2) is 53.3 Å². The minimum atomic E-state index is -0.961. The zero-order chi connectivity index (χ0) is 24.5. The maximum absolute atomic E-state index is 13.9. The van der Waals surface area contributed by atoms with Gasteiger partial charge in [0.1, 0.15) is 12.4 Å². The number of likely N-dealkylation sites (N-methyl/N-ethyl adjacent to an activating group) is 1. The molecule has 2 aromatic carbocycles. The number of nitrogens with zero attached hydrogens (tertiary/aromatic N) is 2. The first-order valence-electron chi connectivity index (χ1n) is 11.0. The van der Waals surface area contributed by atoms with Crippen LogP contribution in [0.5, 0.6) is 0 Å². The number of fused-ring (bicyclic) bond motifs is 1. The van der Waals surface area contributed by atoms with Crippen molar-refractivity contribution in [3.63, 3.8) is 0 Å². The Kier molecular flexibility index (Phi) is 10.5. The SMILES string of the molecule is C.CN(C(=O)CCc1cccc(F)c1F)[C@H](CCCO)COC(=O)Nc1cc2ccccc2cn1. The van der Waals surface area contributed by atoms with Gasteiger partial charge in [0.05, 0.1) is 6.04 Å². The summed E-state index contributed by atoms with van der Waals surface area (Å²) in [6, 6.07) is 12.7. The van der Waals surface area contributed by atoms with Crippen LogP contribution in [-0.2, 0) is 16.0 Å². The van der Waals surface area contributed by atoms with Gasteiger partial charge in [-0.2, -0.15) is 0 Å². The molecule has 0 saturated heterocycles. The summed E-state index contributed by atoms with van der Waals surface area (Å²) < 4.78 is 32.6. The van der Waals surface area contributed by atoms with Crippen molar-refractivity contribution in [1.82, 2.24) is 9.88 Å². The molecule has 0 fully saturated rings.